The van der Waals surface area contributed by atoms with Crippen LogP contribution in [-0.2, 0) is 0 Å². The van der Waals surface area contributed by atoms with E-state index in [0.717, 1.165) is 9.12 Å². The number of hydrogen-bond acceptors (Lipinski definition) is 2. The third kappa shape index (κ3) is 11.0. The minimum Gasteiger partial charge on any atom is -0.349 e. The van der Waals surface area contributed by atoms with Gasteiger partial charge in [0.05, 0.1) is 6.33 Å². The second kappa shape index (κ2) is 14.9. The number of aromatic nitrogens is 2. The van der Waals surface area contributed by atoms with Crippen LogP contribution in [0.3, 0.4) is 0 Å². The molecule has 1 aromatic heterocycles. The van der Waals surface area contributed by atoms with Gasteiger partial charge in [-0.25, -0.2) is 4.98 Å². The largest absolute Gasteiger partial charge is 0.349 e. The van der Waals surface area contributed by atoms with Gasteiger partial charge in [0.1, 0.15) is 0 Å². The third-order valence-electron chi connectivity index (χ3n) is 3.98. The van der Waals surface area contributed by atoms with Crippen molar-refractivity contribution in [1.29, 1.82) is 0 Å². The topological polar surface area (TPSA) is 28.7 Å². The van der Waals surface area contributed by atoms with Gasteiger partial charge in [0.15, 0.2) is 0 Å². The van der Waals surface area contributed by atoms with Crippen molar-refractivity contribution in [3.63, 3.8) is 0 Å². The van der Waals surface area contributed by atoms with Gasteiger partial charge in [0.25, 0.3) is 0 Å². The number of unbranched alkanes of at least 4 members (excludes halogenated alkanes) is 3. The number of aryl methyl sites for hydroxylation is 1. The summed E-state index contributed by atoms with van der Waals surface area (Å²) in [5.41, 5.74) is 1.11. The standard InChI is InChI=1S/C13H27.C4H6N2.CH4S.Sn/c1-4-7-10-13(11-8-5-2)12-9-6-3;1-4-2-5-3-6-4;1-2;/h4-12H2,1-3H3;2-3H,1H3,(H,5,6);2H,1H3;/q;;;+1/p-1. The van der Waals surface area contributed by atoms with Gasteiger partial charge in [-0.05, 0) is 6.92 Å². The maximum absolute atomic E-state index is 3.77. The van der Waals surface area contributed by atoms with Gasteiger partial charge in [0.2, 0.25) is 0 Å². The van der Waals surface area contributed by atoms with E-state index in [1.807, 2.05) is 6.92 Å². The summed E-state index contributed by atoms with van der Waals surface area (Å²) in [7, 11) is 2.23. The molecule has 1 heterocycles. The maximum Gasteiger partial charge on any atom is 0.0921 e. The van der Waals surface area contributed by atoms with Crippen molar-refractivity contribution in [2.45, 2.75) is 88.9 Å². The van der Waals surface area contributed by atoms with Crippen molar-refractivity contribution >= 4 is 28.7 Å². The van der Waals surface area contributed by atoms with Crippen LogP contribution >= 0.6 is 8.95 Å². The molecule has 22 heavy (non-hydrogen) atoms. The second-order valence-electron chi connectivity index (χ2n) is 6.13. The van der Waals surface area contributed by atoms with Gasteiger partial charge in [-0.3, -0.25) is 0 Å². The Hall–Kier alpha value is 0.359. The Kier molecular flexibility index (Phi) is 15.2. The third-order valence-corrected chi connectivity index (χ3v) is 12.2. The van der Waals surface area contributed by atoms with E-state index < -0.39 is 0 Å². The van der Waals surface area contributed by atoms with E-state index in [0.29, 0.717) is 0 Å². The quantitative estimate of drug-likeness (QED) is 0.410. The van der Waals surface area contributed by atoms with E-state index in [9.17, 15) is 0 Å². The zero-order chi connectivity index (χ0) is 16.7. The van der Waals surface area contributed by atoms with Gasteiger partial charge < -0.3 is 4.98 Å². The first-order valence-corrected chi connectivity index (χ1v) is 15.0. The molecular formula is C18H36N2SSn. The van der Waals surface area contributed by atoms with Crippen LogP contribution < -0.4 is 0 Å². The molecule has 2 nitrogen and oxygen atoms in total. The van der Waals surface area contributed by atoms with Crippen LogP contribution in [-0.4, -0.2) is 36.0 Å². The molecule has 2 radical (unpaired) electrons. The number of rotatable bonds is 11. The second-order valence-corrected chi connectivity index (χ2v) is 15.0. The van der Waals surface area contributed by atoms with Crippen LogP contribution in [0.2, 0.25) is 3.43 Å². The van der Waals surface area contributed by atoms with Crippen molar-refractivity contribution in [2.24, 2.45) is 0 Å². The number of imidazole rings is 1. The number of nitrogens with one attached hydrogen (secondary N) is 1. The van der Waals surface area contributed by atoms with Crippen LogP contribution in [0.5, 0.6) is 0 Å². The summed E-state index contributed by atoms with van der Waals surface area (Å²) >= 11 is -0.206. The van der Waals surface area contributed by atoms with E-state index in [4.69, 9.17) is 0 Å². The average molecular weight is 431 g/mol. The molecule has 0 unspecified atom stereocenters. The van der Waals surface area contributed by atoms with E-state index in [1.54, 1.807) is 12.5 Å². The molecule has 0 aliphatic heterocycles. The molecule has 0 bridgehead atoms. The van der Waals surface area contributed by atoms with Gasteiger partial charge in [0, 0.05) is 11.9 Å². The molecule has 0 aliphatic rings. The normalized spacial score (nSPS) is 11.1. The summed E-state index contributed by atoms with van der Waals surface area (Å²) in [6.07, 6.45) is 19.0. The van der Waals surface area contributed by atoms with Crippen LogP contribution in [0, 0.1) is 6.92 Å². The van der Waals surface area contributed by atoms with Gasteiger partial charge in [-0.15, -0.1) is 0 Å². The molecule has 128 valence electrons. The van der Waals surface area contributed by atoms with E-state index >= 15 is 0 Å². The zero-order valence-electron chi connectivity index (χ0n) is 15.4. The summed E-state index contributed by atoms with van der Waals surface area (Å²) in [6, 6.07) is 0. The summed E-state index contributed by atoms with van der Waals surface area (Å²) in [5.74, 6) is 0. The first-order valence-electron chi connectivity index (χ1n) is 8.89. The summed E-state index contributed by atoms with van der Waals surface area (Å²) in [5, 5.41) is 0. The molecule has 0 spiro atoms. The first-order chi connectivity index (χ1) is 10.6. The molecule has 0 amide bonds. The minimum atomic E-state index is -0.206. The summed E-state index contributed by atoms with van der Waals surface area (Å²) in [4.78, 5) is 6.66. The van der Waals surface area contributed by atoms with Gasteiger partial charge >= 0.3 is 117 Å². The van der Waals surface area contributed by atoms with E-state index in [-0.39, 0.29) is 19.8 Å². The molecule has 0 atom stereocenters. The fourth-order valence-corrected chi connectivity index (χ4v) is 11.2. The molecule has 0 fully saturated rings. The smallest absolute Gasteiger partial charge is 0.0921 e. The molecule has 1 rings (SSSR count). The van der Waals surface area contributed by atoms with Crippen LogP contribution in [0.4, 0.5) is 0 Å². The number of aromatic amines is 1. The Morgan fingerprint density at radius 2 is 1.55 bits per heavy atom. The van der Waals surface area contributed by atoms with E-state index in [1.165, 1.54) is 57.8 Å². The Bertz CT molecular complexity index is 306. The van der Waals surface area contributed by atoms with Gasteiger partial charge in [-0.2, -0.15) is 0 Å². The zero-order valence-corrected chi connectivity index (χ0v) is 19.0. The van der Waals surface area contributed by atoms with Crippen molar-refractivity contribution in [2.75, 3.05) is 6.26 Å². The van der Waals surface area contributed by atoms with E-state index in [2.05, 4.69) is 45.9 Å². The SMILES string of the molecule is CCCC[C](CCCC)(CCCC)[Sn][S]C.Cc1cnc[nH]1. The molecule has 0 aliphatic carbocycles. The Morgan fingerprint density at radius 1 is 1.05 bits per heavy atom. The molecule has 1 N–H and O–H groups in total. The van der Waals surface area contributed by atoms with Crippen LogP contribution in [0.15, 0.2) is 12.5 Å². The molecule has 0 saturated heterocycles. The van der Waals surface area contributed by atoms with Gasteiger partial charge in [-0.1, -0.05) is 0 Å². The summed E-state index contributed by atoms with van der Waals surface area (Å²) < 4.78 is 0.838. The molecule has 0 aromatic carbocycles. The minimum absolute atomic E-state index is 0.206. The average Bonchev–Trinajstić information content (AvgIpc) is 3.00. The monoisotopic (exact) mass is 432 g/mol. The van der Waals surface area contributed by atoms with Crippen LogP contribution in [0.25, 0.3) is 0 Å². The first kappa shape index (κ1) is 22.4. The van der Waals surface area contributed by atoms with Crippen molar-refractivity contribution in [3.05, 3.63) is 18.2 Å². The van der Waals surface area contributed by atoms with Crippen molar-refractivity contribution in [1.82, 2.24) is 9.97 Å². The number of H-pyrrole nitrogens is 1. The Morgan fingerprint density at radius 3 is 1.77 bits per heavy atom. The van der Waals surface area contributed by atoms with Crippen molar-refractivity contribution < 1.29 is 0 Å². The summed E-state index contributed by atoms with van der Waals surface area (Å²) in [6.45, 7) is 8.99. The molecular weight excluding hydrogens is 395 g/mol. The fourth-order valence-electron chi connectivity index (χ4n) is 2.62. The maximum atomic E-state index is 3.77. The Labute approximate surface area is 151 Å². The number of hydrogen-bond donors (Lipinski definition) is 1. The number of nitrogens with zero attached hydrogens (tertiary/aromatic N) is 1. The predicted octanol–water partition coefficient (Wildman–Crippen LogP) is 6.42. The predicted molar refractivity (Wildman–Crippen MR) is 104 cm³/mol. The molecule has 1 aromatic rings. The van der Waals surface area contributed by atoms with Crippen molar-refractivity contribution in [3.8, 4) is 0 Å². The molecule has 4 heteroatoms. The fraction of sp³-hybridized carbons (Fsp3) is 0.833. The van der Waals surface area contributed by atoms with Crippen LogP contribution in [0.1, 0.15) is 84.3 Å². The molecule has 0 saturated carbocycles. The Balaban J connectivity index is 0.000000604.